The van der Waals surface area contributed by atoms with Gasteiger partial charge in [0, 0.05) is 17.1 Å². The van der Waals surface area contributed by atoms with E-state index in [9.17, 15) is 0 Å². The highest BCUT2D eigenvalue weighted by Crippen LogP contribution is 2.19. The molecular weight excluding hydrogens is 350 g/mol. The molecule has 0 saturated carbocycles. The number of aromatic nitrogens is 1. The summed E-state index contributed by atoms with van der Waals surface area (Å²) in [6.07, 6.45) is 19.7. The van der Waals surface area contributed by atoms with Gasteiger partial charge in [-0.15, -0.1) is 0 Å². The Morgan fingerprint density at radius 2 is 1.28 bits per heavy atom. The van der Waals surface area contributed by atoms with Crippen molar-refractivity contribution in [2.75, 3.05) is 0 Å². The zero-order valence-electron chi connectivity index (χ0n) is 19.1. The van der Waals surface area contributed by atoms with Gasteiger partial charge < -0.3 is 4.98 Å². The molecule has 0 radical (unpaired) electrons. The molecule has 0 fully saturated rings. The normalized spacial score (nSPS) is 13.2. The van der Waals surface area contributed by atoms with Crippen molar-refractivity contribution in [2.45, 2.75) is 79.6 Å². The summed E-state index contributed by atoms with van der Waals surface area (Å²) in [7, 11) is 0. The number of allylic oxidation sites excluding steroid dienone is 8. The molecule has 0 bridgehead atoms. The Labute approximate surface area is 178 Å². The first-order valence-electron chi connectivity index (χ1n) is 11.1. The van der Waals surface area contributed by atoms with E-state index in [2.05, 4.69) is 94.4 Å². The fraction of sp³-hybridized carbons (Fsp3) is 0.429. The number of benzene rings is 1. The molecule has 2 rings (SSSR count). The largest absolute Gasteiger partial charge is 0.361 e. The third-order valence-electron chi connectivity index (χ3n) is 5.50. The third kappa shape index (κ3) is 8.73. The summed E-state index contributed by atoms with van der Waals surface area (Å²) in [5.74, 6) is 0. The van der Waals surface area contributed by atoms with E-state index >= 15 is 0 Å². The van der Waals surface area contributed by atoms with Crippen molar-refractivity contribution < 1.29 is 0 Å². The van der Waals surface area contributed by atoms with Crippen LogP contribution in [0.2, 0.25) is 0 Å². The Morgan fingerprint density at radius 1 is 0.724 bits per heavy atom. The molecule has 2 aromatic rings. The van der Waals surface area contributed by atoms with Crippen LogP contribution in [0, 0.1) is 0 Å². The van der Waals surface area contributed by atoms with Crippen LogP contribution in [0.4, 0.5) is 0 Å². The Balaban J connectivity index is 1.71. The summed E-state index contributed by atoms with van der Waals surface area (Å²) in [6.45, 7) is 11.1. The number of hydrogen-bond acceptors (Lipinski definition) is 0. The first-order valence-corrected chi connectivity index (χ1v) is 11.1. The molecule has 156 valence electrons. The predicted octanol–water partition coefficient (Wildman–Crippen LogP) is 8.86. The van der Waals surface area contributed by atoms with Crippen LogP contribution < -0.4 is 0 Å². The Kier molecular flexibility index (Phi) is 9.77. The van der Waals surface area contributed by atoms with Crippen LogP contribution in [0.1, 0.15) is 78.7 Å². The molecular formula is C28H39N. The fourth-order valence-corrected chi connectivity index (χ4v) is 3.57. The summed E-state index contributed by atoms with van der Waals surface area (Å²) < 4.78 is 0. The van der Waals surface area contributed by atoms with Crippen molar-refractivity contribution >= 4 is 10.9 Å². The molecule has 0 amide bonds. The fourth-order valence-electron chi connectivity index (χ4n) is 3.57. The van der Waals surface area contributed by atoms with Gasteiger partial charge in [0.05, 0.1) is 0 Å². The summed E-state index contributed by atoms with van der Waals surface area (Å²) >= 11 is 0. The molecule has 1 aromatic heterocycles. The van der Waals surface area contributed by atoms with Crippen molar-refractivity contribution in [3.8, 4) is 0 Å². The first kappa shape index (κ1) is 23.0. The van der Waals surface area contributed by atoms with Gasteiger partial charge in [-0.05, 0) is 91.2 Å². The van der Waals surface area contributed by atoms with Crippen LogP contribution in [0.15, 0.2) is 77.1 Å². The minimum absolute atomic E-state index is 1.01. The van der Waals surface area contributed by atoms with E-state index in [1.807, 2.05) is 0 Å². The van der Waals surface area contributed by atoms with E-state index in [4.69, 9.17) is 0 Å². The molecule has 1 aromatic carbocycles. The molecule has 0 saturated heterocycles. The van der Waals surface area contributed by atoms with Gasteiger partial charge in [0.2, 0.25) is 0 Å². The minimum Gasteiger partial charge on any atom is -0.361 e. The van der Waals surface area contributed by atoms with E-state index in [0.29, 0.717) is 0 Å². The van der Waals surface area contributed by atoms with Crippen molar-refractivity contribution in [2.24, 2.45) is 0 Å². The Bertz CT molecular complexity index is 882. The predicted molar refractivity (Wildman–Crippen MR) is 130 cm³/mol. The highest BCUT2D eigenvalue weighted by atomic mass is 14.7. The number of aromatic amines is 1. The molecule has 0 unspecified atom stereocenters. The zero-order chi connectivity index (χ0) is 21.1. The van der Waals surface area contributed by atoms with Gasteiger partial charge >= 0.3 is 0 Å². The number of hydrogen-bond donors (Lipinski definition) is 1. The average molecular weight is 390 g/mol. The lowest BCUT2D eigenvalue weighted by molar-refractivity contribution is 0.898. The molecule has 0 aliphatic carbocycles. The van der Waals surface area contributed by atoms with Crippen LogP contribution in [0.3, 0.4) is 0 Å². The summed E-state index contributed by atoms with van der Waals surface area (Å²) in [6, 6.07) is 8.54. The topological polar surface area (TPSA) is 15.8 Å². The molecule has 1 heterocycles. The van der Waals surface area contributed by atoms with Gasteiger partial charge in [-0.3, -0.25) is 0 Å². The standard InChI is InChI=1S/C28H39N/c1-22(2)11-8-12-23(3)13-9-14-24(4)15-10-16-25(5)19-20-26-21-29-28-18-7-6-17-27(26)28/h6-7,11,13,15,17-19,21,29H,8-10,12,14,16,20H2,1-5H3. The third-order valence-corrected chi connectivity index (χ3v) is 5.50. The number of H-pyrrole nitrogens is 1. The van der Waals surface area contributed by atoms with E-state index in [-0.39, 0.29) is 0 Å². The van der Waals surface area contributed by atoms with Crippen molar-refractivity contribution in [3.63, 3.8) is 0 Å². The number of nitrogens with one attached hydrogen (secondary N) is 1. The number of para-hydroxylation sites is 1. The van der Waals surface area contributed by atoms with Gasteiger partial charge in [-0.1, -0.05) is 64.8 Å². The van der Waals surface area contributed by atoms with Gasteiger partial charge in [0.15, 0.2) is 0 Å². The van der Waals surface area contributed by atoms with E-state index in [1.54, 1.807) is 0 Å². The maximum absolute atomic E-state index is 3.37. The second-order valence-corrected chi connectivity index (χ2v) is 8.61. The van der Waals surface area contributed by atoms with Gasteiger partial charge in [0.1, 0.15) is 0 Å². The SMILES string of the molecule is CC(C)=CCCC(C)=CCCC(C)=CCCC(C)=CCc1c[nH]c2ccccc12. The Morgan fingerprint density at radius 3 is 1.90 bits per heavy atom. The second-order valence-electron chi connectivity index (χ2n) is 8.61. The van der Waals surface area contributed by atoms with Crippen LogP contribution in [-0.4, -0.2) is 4.98 Å². The van der Waals surface area contributed by atoms with Crippen molar-refractivity contribution in [1.82, 2.24) is 4.98 Å². The lowest BCUT2D eigenvalue weighted by atomic mass is 10.0. The average Bonchev–Trinajstić information content (AvgIpc) is 3.09. The maximum Gasteiger partial charge on any atom is 0.0456 e. The van der Waals surface area contributed by atoms with Gasteiger partial charge in [0.25, 0.3) is 0 Å². The highest BCUT2D eigenvalue weighted by molar-refractivity contribution is 5.83. The molecule has 1 nitrogen and oxygen atoms in total. The summed E-state index contributed by atoms with van der Waals surface area (Å²) in [5, 5.41) is 1.34. The van der Waals surface area contributed by atoms with Crippen molar-refractivity contribution in [1.29, 1.82) is 0 Å². The first-order chi connectivity index (χ1) is 14.0. The lowest BCUT2D eigenvalue weighted by Gasteiger charge is -2.03. The van der Waals surface area contributed by atoms with Crippen LogP contribution in [0.5, 0.6) is 0 Å². The summed E-state index contributed by atoms with van der Waals surface area (Å²) in [4.78, 5) is 3.37. The van der Waals surface area contributed by atoms with E-state index in [1.165, 1.54) is 64.4 Å². The molecule has 0 aliphatic rings. The molecule has 0 spiro atoms. The summed E-state index contributed by atoms with van der Waals surface area (Å²) in [5.41, 5.74) is 8.55. The smallest absolute Gasteiger partial charge is 0.0456 e. The number of fused-ring (bicyclic) bond motifs is 1. The van der Waals surface area contributed by atoms with Crippen LogP contribution >= 0.6 is 0 Å². The maximum atomic E-state index is 3.37. The molecule has 29 heavy (non-hydrogen) atoms. The highest BCUT2D eigenvalue weighted by Gasteiger charge is 2.01. The molecule has 0 atom stereocenters. The Hall–Kier alpha value is -2.28. The molecule has 0 aliphatic heterocycles. The van der Waals surface area contributed by atoms with Gasteiger partial charge in [-0.25, -0.2) is 0 Å². The van der Waals surface area contributed by atoms with Crippen LogP contribution in [-0.2, 0) is 6.42 Å². The molecule has 1 N–H and O–H groups in total. The van der Waals surface area contributed by atoms with Crippen molar-refractivity contribution in [3.05, 3.63) is 82.6 Å². The van der Waals surface area contributed by atoms with Crippen LogP contribution in [0.25, 0.3) is 10.9 Å². The van der Waals surface area contributed by atoms with E-state index in [0.717, 1.165) is 19.3 Å². The minimum atomic E-state index is 1.01. The number of rotatable bonds is 11. The molecule has 1 heteroatoms. The zero-order valence-corrected chi connectivity index (χ0v) is 19.1. The second kappa shape index (κ2) is 12.3. The quantitative estimate of drug-likeness (QED) is 0.369. The lowest BCUT2D eigenvalue weighted by Crippen LogP contribution is -1.84. The van der Waals surface area contributed by atoms with Gasteiger partial charge in [-0.2, -0.15) is 0 Å². The monoisotopic (exact) mass is 389 g/mol. The van der Waals surface area contributed by atoms with E-state index < -0.39 is 0 Å².